The van der Waals surface area contributed by atoms with Gasteiger partial charge in [-0.05, 0) is 38.6 Å². The Hall–Kier alpha value is -1.15. The lowest BCUT2D eigenvalue weighted by Crippen LogP contribution is -2.33. The van der Waals surface area contributed by atoms with Crippen LogP contribution in [0.3, 0.4) is 0 Å². The maximum Gasteiger partial charge on any atom is 0.123 e. The van der Waals surface area contributed by atoms with Crippen LogP contribution in [0.4, 0.5) is 4.39 Å². The molecule has 0 amide bonds. The molecule has 0 saturated heterocycles. The van der Waals surface area contributed by atoms with Crippen LogP contribution in [0.25, 0.3) is 6.08 Å². The summed E-state index contributed by atoms with van der Waals surface area (Å²) in [5, 5.41) is 3.16. The molecule has 1 rings (SSSR count). The van der Waals surface area contributed by atoms with Crippen LogP contribution in [0.1, 0.15) is 19.4 Å². The van der Waals surface area contributed by atoms with Gasteiger partial charge in [0.15, 0.2) is 0 Å². The van der Waals surface area contributed by atoms with E-state index in [1.54, 1.807) is 12.1 Å². The standard InChI is InChI=1S/C12H16FN/c1-12(2,14-3)9-8-10-4-6-11(13)7-5-10/h4-9,14H,1-3H3/b9-8+. The van der Waals surface area contributed by atoms with E-state index in [1.807, 2.05) is 13.1 Å². The molecule has 1 aromatic carbocycles. The van der Waals surface area contributed by atoms with Gasteiger partial charge < -0.3 is 5.32 Å². The average Bonchev–Trinajstić information content (AvgIpc) is 2.17. The highest BCUT2D eigenvalue weighted by Crippen LogP contribution is 2.09. The van der Waals surface area contributed by atoms with E-state index < -0.39 is 0 Å². The highest BCUT2D eigenvalue weighted by Gasteiger charge is 2.08. The van der Waals surface area contributed by atoms with Gasteiger partial charge in [0.05, 0.1) is 0 Å². The first-order valence-electron chi connectivity index (χ1n) is 4.67. The van der Waals surface area contributed by atoms with Crippen LogP contribution in [0.2, 0.25) is 0 Å². The summed E-state index contributed by atoms with van der Waals surface area (Å²) in [6, 6.07) is 6.45. The topological polar surface area (TPSA) is 12.0 Å². The first kappa shape index (κ1) is 10.9. The summed E-state index contributed by atoms with van der Waals surface area (Å²) in [5.74, 6) is -0.199. The van der Waals surface area contributed by atoms with Crippen LogP contribution in [0, 0.1) is 5.82 Å². The third kappa shape index (κ3) is 3.30. The first-order valence-corrected chi connectivity index (χ1v) is 4.67. The molecule has 0 atom stereocenters. The van der Waals surface area contributed by atoms with Gasteiger partial charge in [-0.3, -0.25) is 0 Å². The Labute approximate surface area is 84.6 Å². The smallest absolute Gasteiger partial charge is 0.123 e. The molecule has 2 heteroatoms. The van der Waals surface area contributed by atoms with Gasteiger partial charge in [-0.15, -0.1) is 0 Å². The molecule has 0 spiro atoms. The fourth-order valence-corrected chi connectivity index (χ4v) is 0.962. The SMILES string of the molecule is CNC(C)(C)/C=C/c1ccc(F)cc1. The number of likely N-dealkylation sites (N-methyl/N-ethyl adjacent to an activating group) is 1. The monoisotopic (exact) mass is 193 g/mol. The average molecular weight is 193 g/mol. The number of nitrogens with one attached hydrogen (secondary N) is 1. The molecule has 0 heterocycles. The van der Waals surface area contributed by atoms with Crippen molar-refractivity contribution >= 4 is 6.08 Å². The highest BCUT2D eigenvalue weighted by molar-refractivity contribution is 5.50. The summed E-state index contributed by atoms with van der Waals surface area (Å²) in [6.45, 7) is 4.15. The predicted molar refractivity (Wildman–Crippen MR) is 58.6 cm³/mol. The van der Waals surface area contributed by atoms with Crippen molar-refractivity contribution in [2.24, 2.45) is 0 Å². The molecule has 0 aliphatic heterocycles. The molecule has 1 aromatic rings. The van der Waals surface area contributed by atoms with E-state index in [-0.39, 0.29) is 11.4 Å². The maximum absolute atomic E-state index is 12.6. The number of rotatable bonds is 3. The van der Waals surface area contributed by atoms with Crippen LogP contribution in [-0.2, 0) is 0 Å². The summed E-state index contributed by atoms with van der Waals surface area (Å²) in [4.78, 5) is 0. The van der Waals surface area contributed by atoms with Gasteiger partial charge in [0, 0.05) is 5.54 Å². The largest absolute Gasteiger partial charge is 0.311 e. The fraction of sp³-hybridized carbons (Fsp3) is 0.333. The Balaban J connectivity index is 2.74. The van der Waals surface area contributed by atoms with Crippen LogP contribution < -0.4 is 5.32 Å². The van der Waals surface area contributed by atoms with Crippen LogP contribution in [-0.4, -0.2) is 12.6 Å². The number of hydrogen-bond donors (Lipinski definition) is 1. The van der Waals surface area contributed by atoms with Crippen molar-refractivity contribution in [2.45, 2.75) is 19.4 Å². The van der Waals surface area contributed by atoms with Gasteiger partial charge in [0.2, 0.25) is 0 Å². The second-order valence-corrected chi connectivity index (χ2v) is 3.86. The molecular formula is C12H16FN. The van der Waals surface area contributed by atoms with E-state index in [2.05, 4.69) is 25.2 Å². The second kappa shape index (κ2) is 4.38. The van der Waals surface area contributed by atoms with Crippen LogP contribution in [0.15, 0.2) is 30.3 Å². The van der Waals surface area contributed by atoms with Crippen molar-refractivity contribution in [2.75, 3.05) is 7.05 Å². The minimum Gasteiger partial charge on any atom is -0.311 e. The molecule has 0 bridgehead atoms. The van der Waals surface area contributed by atoms with E-state index in [4.69, 9.17) is 0 Å². The molecule has 0 aromatic heterocycles. The van der Waals surface area contributed by atoms with Crippen LogP contribution >= 0.6 is 0 Å². The van der Waals surface area contributed by atoms with Gasteiger partial charge in [-0.1, -0.05) is 24.3 Å². The molecule has 0 saturated carbocycles. The van der Waals surface area contributed by atoms with E-state index in [9.17, 15) is 4.39 Å². The normalized spacial score (nSPS) is 12.3. The van der Waals surface area contributed by atoms with Crippen molar-refractivity contribution in [1.82, 2.24) is 5.32 Å². The second-order valence-electron chi connectivity index (χ2n) is 3.86. The Morgan fingerprint density at radius 1 is 1.21 bits per heavy atom. The molecule has 0 radical (unpaired) electrons. The molecule has 76 valence electrons. The lowest BCUT2D eigenvalue weighted by atomic mass is 10.0. The Morgan fingerprint density at radius 2 is 1.79 bits per heavy atom. The van der Waals surface area contributed by atoms with Crippen molar-refractivity contribution in [3.8, 4) is 0 Å². The van der Waals surface area contributed by atoms with Gasteiger partial charge in [-0.25, -0.2) is 4.39 Å². The van der Waals surface area contributed by atoms with Crippen molar-refractivity contribution < 1.29 is 4.39 Å². The molecule has 0 unspecified atom stereocenters. The van der Waals surface area contributed by atoms with E-state index in [0.29, 0.717) is 0 Å². The lowest BCUT2D eigenvalue weighted by molar-refractivity contribution is 0.530. The summed E-state index contributed by atoms with van der Waals surface area (Å²) in [7, 11) is 1.91. The van der Waals surface area contributed by atoms with E-state index in [0.717, 1.165) is 5.56 Å². The molecule has 1 N–H and O–H groups in total. The third-order valence-corrected chi connectivity index (χ3v) is 2.21. The minimum atomic E-state index is -0.199. The zero-order chi connectivity index (χ0) is 10.6. The van der Waals surface area contributed by atoms with Gasteiger partial charge in [0.1, 0.15) is 5.82 Å². The zero-order valence-electron chi connectivity index (χ0n) is 8.84. The van der Waals surface area contributed by atoms with Crippen molar-refractivity contribution in [1.29, 1.82) is 0 Å². The Morgan fingerprint density at radius 3 is 2.29 bits per heavy atom. The van der Waals surface area contributed by atoms with Gasteiger partial charge in [-0.2, -0.15) is 0 Å². The summed E-state index contributed by atoms with van der Waals surface area (Å²) in [6.07, 6.45) is 4.04. The maximum atomic E-state index is 12.6. The van der Waals surface area contributed by atoms with Crippen molar-refractivity contribution in [3.05, 3.63) is 41.7 Å². The van der Waals surface area contributed by atoms with Gasteiger partial charge in [0.25, 0.3) is 0 Å². The summed E-state index contributed by atoms with van der Waals surface area (Å²) in [5.41, 5.74) is 0.976. The van der Waals surface area contributed by atoms with Crippen molar-refractivity contribution in [3.63, 3.8) is 0 Å². The van der Waals surface area contributed by atoms with Gasteiger partial charge >= 0.3 is 0 Å². The predicted octanol–water partition coefficient (Wildman–Crippen LogP) is 2.84. The van der Waals surface area contributed by atoms with Crippen LogP contribution in [0.5, 0.6) is 0 Å². The summed E-state index contributed by atoms with van der Waals surface area (Å²) >= 11 is 0. The quantitative estimate of drug-likeness (QED) is 0.778. The molecule has 14 heavy (non-hydrogen) atoms. The number of benzene rings is 1. The lowest BCUT2D eigenvalue weighted by Gasteiger charge is -2.18. The molecule has 0 aliphatic rings. The van der Waals surface area contributed by atoms with E-state index in [1.165, 1.54) is 12.1 Å². The third-order valence-electron chi connectivity index (χ3n) is 2.21. The fourth-order valence-electron chi connectivity index (χ4n) is 0.962. The number of halogens is 1. The molecule has 0 aliphatic carbocycles. The molecule has 0 fully saturated rings. The molecular weight excluding hydrogens is 177 g/mol. The minimum absolute atomic E-state index is 0.0333. The molecule has 1 nitrogen and oxygen atoms in total. The Kier molecular flexibility index (Phi) is 3.42. The zero-order valence-corrected chi connectivity index (χ0v) is 8.84. The highest BCUT2D eigenvalue weighted by atomic mass is 19.1. The van der Waals surface area contributed by atoms with E-state index >= 15 is 0 Å². The first-order chi connectivity index (χ1) is 6.53. The summed E-state index contributed by atoms with van der Waals surface area (Å²) < 4.78 is 12.6. The number of hydrogen-bond acceptors (Lipinski definition) is 1. The Bertz CT molecular complexity index is 312.